The van der Waals surface area contributed by atoms with E-state index in [0.717, 1.165) is 30.5 Å². The number of fused-ring (bicyclic) bond motifs is 1. The van der Waals surface area contributed by atoms with Gasteiger partial charge in [0.05, 0.1) is 24.1 Å². The van der Waals surface area contributed by atoms with Crippen molar-refractivity contribution < 1.29 is 4.79 Å². The second-order valence-corrected chi connectivity index (χ2v) is 6.30. The van der Waals surface area contributed by atoms with E-state index >= 15 is 0 Å². The van der Waals surface area contributed by atoms with Crippen molar-refractivity contribution in [2.75, 3.05) is 0 Å². The van der Waals surface area contributed by atoms with Crippen LogP contribution in [0.15, 0.2) is 12.4 Å². The molecule has 2 heterocycles. The van der Waals surface area contributed by atoms with Crippen molar-refractivity contribution in [3.63, 3.8) is 0 Å². The van der Waals surface area contributed by atoms with Gasteiger partial charge < -0.3 is 10.6 Å². The Labute approximate surface area is 135 Å². The fraction of sp³-hybridized carbons (Fsp3) is 0.600. The first-order valence-corrected chi connectivity index (χ1v) is 7.95. The molecule has 0 aromatic carbocycles. The highest BCUT2D eigenvalue weighted by molar-refractivity contribution is 5.74. The van der Waals surface area contributed by atoms with Crippen molar-refractivity contribution >= 4 is 6.03 Å². The molecule has 2 unspecified atom stereocenters. The van der Waals surface area contributed by atoms with E-state index < -0.39 is 0 Å². The van der Waals surface area contributed by atoms with Gasteiger partial charge in [0.25, 0.3) is 0 Å². The molecule has 1 aliphatic carbocycles. The third-order valence-corrected chi connectivity index (χ3v) is 4.13. The Hall–Kier alpha value is -2.38. The van der Waals surface area contributed by atoms with E-state index in [0.29, 0.717) is 6.54 Å². The van der Waals surface area contributed by atoms with Crippen molar-refractivity contribution in [1.29, 1.82) is 0 Å². The monoisotopic (exact) mass is 317 g/mol. The Morgan fingerprint density at radius 1 is 1.52 bits per heavy atom. The quantitative estimate of drug-likeness (QED) is 0.862. The van der Waals surface area contributed by atoms with Gasteiger partial charge in [-0.05, 0) is 32.3 Å². The summed E-state index contributed by atoms with van der Waals surface area (Å²) in [6.45, 7) is 4.62. The molecule has 0 saturated carbocycles. The summed E-state index contributed by atoms with van der Waals surface area (Å²) in [5, 5.41) is 18.4. The van der Waals surface area contributed by atoms with Gasteiger partial charge in [-0.2, -0.15) is 5.10 Å². The molecule has 0 aliphatic heterocycles. The maximum absolute atomic E-state index is 12.1. The molecule has 124 valence electrons. The molecular weight excluding hydrogens is 294 g/mol. The van der Waals surface area contributed by atoms with Gasteiger partial charge in [-0.1, -0.05) is 5.21 Å². The molecule has 0 radical (unpaired) electrons. The number of aryl methyl sites for hydroxylation is 2. The normalized spacial score (nSPS) is 18.3. The van der Waals surface area contributed by atoms with Crippen LogP contribution in [-0.4, -0.2) is 42.9 Å². The van der Waals surface area contributed by atoms with Crippen LogP contribution in [0.2, 0.25) is 0 Å². The first kappa shape index (κ1) is 15.5. The van der Waals surface area contributed by atoms with Crippen LogP contribution in [0, 0.1) is 6.92 Å². The number of nitrogens with zero attached hydrogens (tertiary/aromatic N) is 5. The minimum Gasteiger partial charge on any atom is -0.335 e. The van der Waals surface area contributed by atoms with Crippen LogP contribution in [0.3, 0.4) is 0 Å². The number of rotatable bonds is 4. The number of carbonyl (C=O) groups excluding carboxylic acids is 1. The lowest BCUT2D eigenvalue weighted by atomic mass is 9.96. The molecule has 2 atom stereocenters. The molecule has 0 fully saturated rings. The van der Waals surface area contributed by atoms with Crippen LogP contribution in [-0.2, 0) is 26.4 Å². The second kappa shape index (κ2) is 6.39. The Kier molecular flexibility index (Phi) is 4.31. The van der Waals surface area contributed by atoms with Crippen molar-refractivity contribution in [1.82, 2.24) is 35.4 Å². The predicted octanol–water partition coefficient (Wildman–Crippen LogP) is 0.565. The van der Waals surface area contributed by atoms with Crippen LogP contribution in [0.5, 0.6) is 0 Å². The molecular formula is C15H23N7O. The van der Waals surface area contributed by atoms with E-state index in [-0.39, 0.29) is 18.1 Å². The van der Waals surface area contributed by atoms with E-state index in [1.807, 2.05) is 42.7 Å². The third-order valence-electron chi connectivity index (χ3n) is 4.13. The summed E-state index contributed by atoms with van der Waals surface area (Å²) in [4.78, 5) is 12.1. The fourth-order valence-electron chi connectivity index (χ4n) is 3.00. The van der Waals surface area contributed by atoms with E-state index in [4.69, 9.17) is 0 Å². The summed E-state index contributed by atoms with van der Waals surface area (Å²) in [7, 11) is 1.91. The van der Waals surface area contributed by atoms with Gasteiger partial charge in [-0.25, -0.2) is 4.79 Å². The zero-order valence-electron chi connectivity index (χ0n) is 13.8. The van der Waals surface area contributed by atoms with E-state index in [2.05, 4.69) is 26.0 Å². The van der Waals surface area contributed by atoms with Gasteiger partial charge in [0.2, 0.25) is 0 Å². The lowest BCUT2D eigenvalue weighted by molar-refractivity contribution is 0.230. The van der Waals surface area contributed by atoms with E-state index in [9.17, 15) is 4.79 Å². The van der Waals surface area contributed by atoms with Crippen molar-refractivity contribution in [2.45, 2.75) is 51.7 Å². The van der Waals surface area contributed by atoms with Gasteiger partial charge in [0, 0.05) is 31.7 Å². The molecule has 23 heavy (non-hydrogen) atoms. The first-order valence-electron chi connectivity index (χ1n) is 7.95. The molecule has 3 rings (SSSR count). The van der Waals surface area contributed by atoms with Crippen molar-refractivity contribution in [3.8, 4) is 0 Å². The largest absolute Gasteiger partial charge is 0.335 e. The van der Waals surface area contributed by atoms with Gasteiger partial charge in [0.1, 0.15) is 0 Å². The number of hydrogen-bond acceptors (Lipinski definition) is 4. The molecule has 2 aromatic rings. The molecule has 0 bridgehead atoms. The Morgan fingerprint density at radius 3 is 3.09 bits per heavy atom. The van der Waals surface area contributed by atoms with Gasteiger partial charge >= 0.3 is 6.03 Å². The number of hydrogen-bond donors (Lipinski definition) is 2. The van der Waals surface area contributed by atoms with E-state index in [1.54, 1.807) is 0 Å². The highest BCUT2D eigenvalue weighted by atomic mass is 16.2. The van der Waals surface area contributed by atoms with Crippen LogP contribution in [0.25, 0.3) is 0 Å². The molecule has 2 aromatic heterocycles. The zero-order valence-corrected chi connectivity index (χ0v) is 13.8. The summed E-state index contributed by atoms with van der Waals surface area (Å²) in [6, 6.07) is -0.0259. The second-order valence-electron chi connectivity index (χ2n) is 6.30. The van der Waals surface area contributed by atoms with Gasteiger partial charge in [-0.15, -0.1) is 5.10 Å². The number of aromatic nitrogens is 5. The van der Waals surface area contributed by atoms with Crippen molar-refractivity contribution in [3.05, 3.63) is 29.3 Å². The smallest absolute Gasteiger partial charge is 0.315 e. The van der Waals surface area contributed by atoms with Crippen LogP contribution < -0.4 is 10.6 Å². The highest BCUT2D eigenvalue weighted by Crippen LogP contribution is 2.18. The summed E-state index contributed by atoms with van der Waals surface area (Å²) < 4.78 is 3.66. The predicted molar refractivity (Wildman–Crippen MR) is 84.9 cm³/mol. The summed E-state index contributed by atoms with van der Waals surface area (Å²) >= 11 is 0. The summed E-state index contributed by atoms with van der Waals surface area (Å²) in [5.41, 5.74) is 3.28. The molecule has 2 N–H and O–H groups in total. The third kappa shape index (κ3) is 3.69. The van der Waals surface area contributed by atoms with Crippen molar-refractivity contribution in [2.24, 2.45) is 7.05 Å². The fourth-order valence-corrected chi connectivity index (χ4v) is 3.00. The summed E-state index contributed by atoms with van der Waals surface area (Å²) in [6.07, 6.45) is 6.32. The topological polar surface area (TPSA) is 89.7 Å². The Bertz CT molecular complexity index is 690. The standard InChI is InChI=1S/C15H23N7O/c1-10-7-16-22(8-10)9-11(2)17-15(23)18-12-4-5-14-13(6-12)19-20-21(14)3/h7-8,11-12H,4-6,9H2,1-3H3,(H2,17,18,23). The number of amides is 2. The lowest BCUT2D eigenvalue weighted by Crippen LogP contribution is -2.48. The van der Waals surface area contributed by atoms with Crippen LogP contribution in [0.4, 0.5) is 4.79 Å². The molecule has 0 saturated heterocycles. The average molecular weight is 317 g/mol. The lowest BCUT2D eigenvalue weighted by Gasteiger charge is -2.24. The van der Waals surface area contributed by atoms with Crippen LogP contribution >= 0.6 is 0 Å². The summed E-state index contributed by atoms with van der Waals surface area (Å²) in [5.74, 6) is 0. The minimum absolute atomic E-state index is 0.00460. The average Bonchev–Trinajstić information content (AvgIpc) is 3.05. The number of nitrogens with one attached hydrogen (secondary N) is 2. The minimum atomic E-state index is -0.140. The zero-order chi connectivity index (χ0) is 16.4. The van der Waals surface area contributed by atoms with E-state index in [1.165, 1.54) is 5.69 Å². The van der Waals surface area contributed by atoms with Crippen LogP contribution in [0.1, 0.15) is 30.3 Å². The maximum Gasteiger partial charge on any atom is 0.315 e. The molecule has 2 amide bonds. The first-order chi connectivity index (χ1) is 11.0. The molecule has 0 spiro atoms. The molecule has 1 aliphatic rings. The Balaban J connectivity index is 1.48. The number of carbonyl (C=O) groups is 1. The van der Waals surface area contributed by atoms with Gasteiger partial charge in [-0.3, -0.25) is 9.36 Å². The van der Waals surface area contributed by atoms with Gasteiger partial charge in [0.15, 0.2) is 0 Å². The molecule has 8 heteroatoms. The molecule has 8 nitrogen and oxygen atoms in total. The Morgan fingerprint density at radius 2 is 2.35 bits per heavy atom. The highest BCUT2D eigenvalue weighted by Gasteiger charge is 2.24. The SMILES string of the molecule is Cc1cnn(CC(C)NC(=O)NC2CCc3c(nnn3C)C2)c1. The number of urea groups is 1. The maximum atomic E-state index is 12.1.